The number of aryl methyl sites for hydroxylation is 1. The molecule has 0 spiro atoms. The molecule has 0 saturated heterocycles. The van der Waals surface area contributed by atoms with Gasteiger partial charge < -0.3 is 10.1 Å². The van der Waals surface area contributed by atoms with Crippen LogP contribution in [-0.2, 0) is 6.54 Å². The van der Waals surface area contributed by atoms with Crippen molar-refractivity contribution in [1.29, 1.82) is 0 Å². The maximum absolute atomic E-state index is 6.11. The van der Waals surface area contributed by atoms with Crippen LogP contribution in [0.15, 0.2) is 30.3 Å². The van der Waals surface area contributed by atoms with Crippen LogP contribution >= 0.6 is 11.6 Å². The second kappa shape index (κ2) is 6.38. The number of ether oxygens (including phenoxy) is 1. The van der Waals surface area contributed by atoms with E-state index in [0.29, 0.717) is 24.9 Å². The smallest absolute Gasteiger partial charge is 0.218 e. The molecular weight excluding hydrogens is 262 g/mol. The number of anilines is 1. The van der Waals surface area contributed by atoms with Crippen molar-refractivity contribution >= 4 is 17.4 Å². The van der Waals surface area contributed by atoms with Crippen LogP contribution in [0.4, 0.5) is 5.82 Å². The Morgan fingerprint density at radius 1 is 1.26 bits per heavy atom. The molecule has 0 aliphatic rings. The van der Waals surface area contributed by atoms with Crippen molar-refractivity contribution in [3.63, 3.8) is 0 Å². The third-order valence-corrected chi connectivity index (χ3v) is 2.89. The summed E-state index contributed by atoms with van der Waals surface area (Å²) >= 11 is 6.11. The molecule has 1 aromatic heterocycles. The van der Waals surface area contributed by atoms with Crippen LogP contribution in [0, 0.1) is 6.92 Å². The van der Waals surface area contributed by atoms with Gasteiger partial charge in [-0.3, -0.25) is 0 Å². The summed E-state index contributed by atoms with van der Waals surface area (Å²) in [6.07, 6.45) is 0. The van der Waals surface area contributed by atoms with Gasteiger partial charge in [-0.15, -0.1) is 0 Å². The van der Waals surface area contributed by atoms with Crippen LogP contribution in [0.3, 0.4) is 0 Å². The van der Waals surface area contributed by atoms with E-state index in [0.717, 1.165) is 16.4 Å². The lowest BCUT2D eigenvalue weighted by Gasteiger charge is -2.09. The van der Waals surface area contributed by atoms with E-state index in [2.05, 4.69) is 15.3 Å². The van der Waals surface area contributed by atoms with Crippen molar-refractivity contribution in [2.24, 2.45) is 0 Å². The standard InChI is InChI=1S/C14H16ClN3O/c1-3-19-14-8-13(17-10(2)18-14)16-9-11-6-4-5-7-12(11)15/h4-8H,3,9H2,1-2H3,(H,16,17,18). The van der Waals surface area contributed by atoms with Gasteiger partial charge in [0.2, 0.25) is 5.88 Å². The zero-order valence-corrected chi connectivity index (χ0v) is 11.7. The highest BCUT2D eigenvalue weighted by Gasteiger charge is 2.03. The second-order valence-electron chi connectivity index (χ2n) is 4.02. The summed E-state index contributed by atoms with van der Waals surface area (Å²) in [6.45, 7) is 4.96. The molecule has 0 unspecified atom stereocenters. The van der Waals surface area contributed by atoms with Crippen molar-refractivity contribution in [3.05, 3.63) is 46.7 Å². The molecule has 1 aromatic carbocycles. The largest absolute Gasteiger partial charge is 0.478 e. The quantitative estimate of drug-likeness (QED) is 0.909. The van der Waals surface area contributed by atoms with Gasteiger partial charge in [0.1, 0.15) is 11.6 Å². The Hall–Kier alpha value is -1.81. The van der Waals surface area contributed by atoms with E-state index in [9.17, 15) is 0 Å². The fourth-order valence-corrected chi connectivity index (χ4v) is 1.88. The van der Waals surface area contributed by atoms with Gasteiger partial charge >= 0.3 is 0 Å². The monoisotopic (exact) mass is 277 g/mol. The van der Waals surface area contributed by atoms with Crippen LogP contribution in [0.25, 0.3) is 0 Å². The fourth-order valence-electron chi connectivity index (χ4n) is 1.68. The molecule has 1 heterocycles. The molecule has 0 saturated carbocycles. The number of aromatic nitrogens is 2. The first kappa shape index (κ1) is 13.6. The van der Waals surface area contributed by atoms with Gasteiger partial charge in [-0.1, -0.05) is 29.8 Å². The Kier molecular flexibility index (Phi) is 4.58. The highest BCUT2D eigenvalue weighted by molar-refractivity contribution is 6.31. The minimum absolute atomic E-state index is 0.580. The summed E-state index contributed by atoms with van der Waals surface area (Å²) in [7, 11) is 0. The Balaban J connectivity index is 2.09. The first-order chi connectivity index (χ1) is 9.19. The predicted molar refractivity (Wildman–Crippen MR) is 76.7 cm³/mol. The van der Waals surface area contributed by atoms with Crippen molar-refractivity contribution in [1.82, 2.24) is 9.97 Å². The molecule has 0 aliphatic heterocycles. The summed E-state index contributed by atoms with van der Waals surface area (Å²) in [5.41, 5.74) is 1.03. The van der Waals surface area contributed by atoms with Gasteiger partial charge in [0.05, 0.1) is 6.61 Å². The lowest BCUT2D eigenvalue weighted by atomic mass is 10.2. The van der Waals surface area contributed by atoms with Crippen LogP contribution in [0.5, 0.6) is 5.88 Å². The van der Waals surface area contributed by atoms with Crippen LogP contribution < -0.4 is 10.1 Å². The van der Waals surface area contributed by atoms with Gasteiger partial charge in [0.25, 0.3) is 0 Å². The topological polar surface area (TPSA) is 47.0 Å². The van der Waals surface area contributed by atoms with Crippen LogP contribution in [-0.4, -0.2) is 16.6 Å². The minimum atomic E-state index is 0.580. The predicted octanol–water partition coefficient (Wildman–Crippen LogP) is 3.45. The average molecular weight is 278 g/mol. The van der Waals surface area contributed by atoms with Gasteiger partial charge in [0.15, 0.2) is 0 Å². The molecule has 2 rings (SSSR count). The molecule has 1 N–H and O–H groups in total. The second-order valence-corrected chi connectivity index (χ2v) is 4.42. The van der Waals surface area contributed by atoms with Gasteiger partial charge in [-0.2, -0.15) is 4.98 Å². The lowest BCUT2D eigenvalue weighted by molar-refractivity contribution is 0.325. The molecule has 19 heavy (non-hydrogen) atoms. The summed E-state index contributed by atoms with van der Waals surface area (Å²) in [4.78, 5) is 8.51. The minimum Gasteiger partial charge on any atom is -0.478 e. The number of halogens is 1. The molecule has 0 fully saturated rings. The lowest BCUT2D eigenvalue weighted by Crippen LogP contribution is -2.05. The number of hydrogen-bond donors (Lipinski definition) is 1. The summed E-state index contributed by atoms with van der Waals surface area (Å²) in [6, 6.07) is 9.50. The Labute approximate surface area is 117 Å². The van der Waals surface area contributed by atoms with Gasteiger partial charge in [-0.25, -0.2) is 4.98 Å². The van der Waals surface area contributed by atoms with Crippen LogP contribution in [0.2, 0.25) is 5.02 Å². The van der Waals surface area contributed by atoms with Crippen molar-refractivity contribution < 1.29 is 4.74 Å². The molecule has 0 aliphatic carbocycles. The first-order valence-electron chi connectivity index (χ1n) is 6.15. The van der Waals surface area contributed by atoms with Gasteiger partial charge in [0, 0.05) is 17.6 Å². The third kappa shape index (κ3) is 3.83. The number of nitrogens with one attached hydrogen (secondary N) is 1. The Bertz CT molecular complexity index is 560. The average Bonchev–Trinajstić information content (AvgIpc) is 2.37. The Morgan fingerprint density at radius 3 is 2.79 bits per heavy atom. The van der Waals surface area contributed by atoms with E-state index in [1.165, 1.54) is 0 Å². The number of benzene rings is 1. The maximum atomic E-state index is 6.11. The number of nitrogens with zero attached hydrogens (tertiary/aromatic N) is 2. The highest BCUT2D eigenvalue weighted by atomic mass is 35.5. The van der Waals surface area contributed by atoms with E-state index in [-0.39, 0.29) is 0 Å². The Morgan fingerprint density at radius 2 is 2.05 bits per heavy atom. The molecule has 4 nitrogen and oxygen atoms in total. The summed E-state index contributed by atoms with van der Waals surface area (Å²) in [5, 5.41) is 3.97. The fraction of sp³-hybridized carbons (Fsp3) is 0.286. The van der Waals surface area contributed by atoms with Crippen molar-refractivity contribution in [2.75, 3.05) is 11.9 Å². The van der Waals surface area contributed by atoms with E-state index in [1.54, 1.807) is 6.07 Å². The molecule has 0 atom stereocenters. The normalized spacial score (nSPS) is 10.3. The molecule has 0 amide bonds. The highest BCUT2D eigenvalue weighted by Crippen LogP contribution is 2.18. The molecule has 2 aromatic rings. The molecule has 0 radical (unpaired) electrons. The SMILES string of the molecule is CCOc1cc(NCc2ccccc2Cl)nc(C)n1. The van der Waals surface area contributed by atoms with E-state index < -0.39 is 0 Å². The summed E-state index contributed by atoms with van der Waals surface area (Å²) in [5.74, 6) is 1.99. The van der Waals surface area contributed by atoms with E-state index in [4.69, 9.17) is 16.3 Å². The van der Waals surface area contributed by atoms with E-state index in [1.807, 2.05) is 38.1 Å². The molecular formula is C14H16ClN3O. The molecule has 100 valence electrons. The molecule has 0 bridgehead atoms. The maximum Gasteiger partial charge on any atom is 0.218 e. The van der Waals surface area contributed by atoms with Crippen molar-refractivity contribution in [2.45, 2.75) is 20.4 Å². The zero-order valence-electron chi connectivity index (χ0n) is 11.0. The third-order valence-electron chi connectivity index (χ3n) is 2.52. The van der Waals surface area contributed by atoms with E-state index >= 15 is 0 Å². The number of hydrogen-bond acceptors (Lipinski definition) is 4. The first-order valence-corrected chi connectivity index (χ1v) is 6.52. The molecule has 5 heteroatoms. The van der Waals surface area contributed by atoms with Crippen molar-refractivity contribution in [3.8, 4) is 5.88 Å². The zero-order chi connectivity index (χ0) is 13.7. The number of rotatable bonds is 5. The van der Waals surface area contributed by atoms with Gasteiger partial charge in [-0.05, 0) is 25.5 Å². The van der Waals surface area contributed by atoms with Crippen LogP contribution in [0.1, 0.15) is 18.3 Å². The summed E-state index contributed by atoms with van der Waals surface area (Å²) < 4.78 is 5.39.